The average Bonchev–Trinajstić information content (AvgIpc) is 2.94. The van der Waals surface area contributed by atoms with E-state index in [1.54, 1.807) is 6.08 Å². The lowest BCUT2D eigenvalue weighted by Crippen LogP contribution is -2.41. The lowest BCUT2D eigenvalue weighted by atomic mass is 9.89. The number of para-hydroxylation sites is 1. The maximum atomic E-state index is 12.8. The predicted molar refractivity (Wildman–Crippen MR) is 100 cm³/mol. The summed E-state index contributed by atoms with van der Waals surface area (Å²) in [6, 6.07) is 8.22. The molecule has 24 heavy (non-hydrogen) atoms. The number of hydrogen-bond acceptors (Lipinski definition) is 1. The molecule has 0 radical (unpaired) electrons. The van der Waals surface area contributed by atoms with E-state index < -0.39 is 5.54 Å². The number of aromatic nitrogens is 1. The van der Waals surface area contributed by atoms with Crippen LogP contribution in [0, 0.1) is 5.92 Å². The molecule has 1 amide bonds. The smallest absolute Gasteiger partial charge is 0.254 e. The molecule has 2 aromatic rings. The maximum Gasteiger partial charge on any atom is 0.254 e. The van der Waals surface area contributed by atoms with Gasteiger partial charge in [-0.05, 0) is 38.7 Å². The summed E-state index contributed by atoms with van der Waals surface area (Å²) in [6.07, 6.45) is 10.5. The fourth-order valence-electron chi connectivity index (χ4n) is 3.64. The van der Waals surface area contributed by atoms with Crippen LogP contribution in [0.3, 0.4) is 0 Å². The van der Waals surface area contributed by atoms with E-state index in [-0.39, 0.29) is 5.91 Å². The Morgan fingerprint density at radius 2 is 2.00 bits per heavy atom. The topological polar surface area (TPSA) is 34.0 Å². The first-order chi connectivity index (χ1) is 11.5. The highest BCUT2D eigenvalue weighted by atomic mass is 16.1. The van der Waals surface area contributed by atoms with Crippen LogP contribution in [0.1, 0.15) is 56.3 Å². The Bertz CT molecular complexity index is 735. The molecule has 0 bridgehead atoms. The molecule has 3 rings (SSSR count). The van der Waals surface area contributed by atoms with Gasteiger partial charge in [0.25, 0.3) is 5.91 Å². The molecule has 128 valence electrons. The highest BCUT2D eigenvalue weighted by Crippen LogP contribution is 2.28. The van der Waals surface area contributed by atoms with E-state index in [9.17, 15) is 4.79 Å². The van der Waals surface area contributed by atoms with Gasteiger partial charge in [-0.2, -0.15) is 0 Å². The molecular formula is C21H28N2O. The summed E-state index contributed by atoms with van der Waals surface area (Å²) >= 11 is 0. The van der Waals surface area contributed by atoms with Crippen LogP contribution in [-0.2, 0) is 6.54 Å². The van der Waals surface area contributed by atoms with Gasteiger partial charge in [-0.15, -0.1) is 6.58 Å². The number of nitrogens with zero attached hydrogens (tertiary/aromatic N) is 1. The predicted octanol–water partition coefficient (Wildman–Crippen LogP) is 4.92. The maximum absolute atomic E-state index is 12.8. The Kier molecular flexibility index (Phi) is 4.79. The van der Waals surface area contributed by atoms with Gasteiger partial charge in [-0.25, -0.2) is 0 Å². The van der Waals surface area contributed by atoms with E-state index in [0.29, 0.717) is 0 Å². The van der Waals surface area contributed by atoms with Crippen molar-refractivity contribution in [3.63, 3.8) is 0 Å². The molecule has 0 unspecified atom stereocenters. The number of benzene rings is 1. The van der Waals surface area contributed by atoms with E-state index in [2.05, 4.69) is 28.6 Å². The van der Waals surface area contributed by atoms with Crippen LogP contribution in [0.25, 0.3) is 10.9 Å². The highest BCUT2D eigenvalue weighted by Gasteiger charge is 2.22. The minimum Gasteiger partial charge on any atom is -0.346 e. The summed E-state index contributed by atoms with van der Waals surface area (Å²) in [5.74, 6) is 0.702. The summed E-state index contributed by atoms with van der Waals surface area (Å²) in [4.78, 5) is 12.8. The van der Waals surface area contributed by atoms with Crippen LogP contribution >= 0.6 is 0 Å². The molecule has 3 nitrogen and oxygen atoms in total. The normalized spacial score (nSPS) is 16.2. The minimum atomic E-state index is -0.413. The van der Waals surface area contributed by atoms with Crippen molar-refractivity contribution in [3.8, 4) is 0 Å². The van der Waals surface area contributed by atoms with Crippen LogP contribution in [0.4, 0.5) is 0 Å². The van der Waals surface area contributed by atoms with Crippen molar-refractivity contribution in [3.05, 3.63) is 48.7 Å². The Hall–Kier alpha value is -2.03. The van der Waals surface area contributed by atoms with E-state index in [1.165, 1.54) is 32.1 Å². The molecule has 1 aromatic heterocycles. The Balaban J connectivity index is 1.91. The number of rotatable bonds is 5. The number of carbonyl (C=O) groups excluding carboxylic acids is 1. The molecule has 1 heterocycles. The molecule has 3 heteroatoms. The zero-order valence-corrected chi connectivity index (χ0v) is 14.8. The van der Waals surface area contributed by atoms with Crippen LogP contribution in [-0.4, -0.2) is 16.0 Å². The molecule has 0 saturated heterocycles. The summed E-state index contributed by atoms with van der Waals surface area (Å²) in [5, 5.41) is 4.09. The van der Waals surface area contributed by atoms with Crippen molar-refractivity contribution in [1.82, 2.24) is 9.88 Å². The van der Waals surface area contributed by atoms with Crippen molar-refractivity contribution >= 4 is 16.8 Å². The van der Waals surface area contributed by atoms with E-state index in [1.807, 2.05) is 32.2 Å². The van der Waals surface area contributed by atoms with Crippen molar-refractivity contribution in [1.29, 1.82) is 0 Å². The number of amides is 1. The molecule has 0 aliphatic heterocycles. The zero-order chi connectivity index (χ0) is 17.2. The third kappa shape index (κ3) is 3.55. The highest BCUT2D eigenvalue weighted by molar-refractivity contribution is 6.07. The first kappa shape index (κ1) is 16.8. The molecule has 1 N–H and O–H groups in total. The lowest BCUT2D eigenvalue weighted by molar-refractivity contribution is 0.0929. The van der Waals surface area contributed by atoms with Crippen LogP contribution in [0.2, 0.25) is 0 Å². The Morgan fingerprint density at radius 1 is 1.29 bits per heavy atom. The van der Waals surface area contributed by atoms with Crippen molar-refractivity contribution in [2.45, 2.75) is 58.0 Å². The van der Waals surface area contributed by atoms with E-state index in [4.69, 9.17) is 0 Å². The molecule has 1 saturated carbocycles. The largest absolute Gasteiger partial charge is 0.346 e. The SMILES string of the molecule is C=CC(C)(C)NC(=O)c1cn(CC2CCCCC2)c2ccccc12. The monoisotopic (exact) mass is 324 g/mol. The molecule has 0 spiro atoms. The first-order valence-corrected chi connectivity index (χ1v) is 9.04. The first-order valence-electron chi connectivity index (χ1n) is 9.04. The van der Waals surface area contributed by atoms with E-state index >= 15 is 0 Å². The van der Waals surface area contributed by atoms with Gasteiger partial charge in [0.2, 0.25) is 0 Å². The zero-order valence-electron chi connectivity index (χ0n) is 14.8. The number of hydrogen-bond donors (Lipinski definition) is 1. The molecule has 1 fully saturated rings. The summed E-state index contributed by atoms with van der Waals surface area (Å²) in [6.45, 7) is 8.73. The quantitative estimate of drug-likeness (QED) is 0.779. The number of fused-ring (bicyclic) bond motifs is 1. The third-order valence-corrected chi connectivity index (χ3v) is 5.16. The summed E-state index contributed by atoms with van der Waals surface area (Å²) in [5.41, 5.74) is 1.50. The number of carbonyl (C=O) groups is 1. The van der Waals surface area contributed by atoms with Gasteiger partial charge in [0.1, 0.15) is 0 Å². The fraction of sp³-hybridized carbons (Fsp3) is 0.476. The van der Waals surface area contributed by atoms with Gasteiger partial charge in [-0.1, -0.05) is 43.5 Å². The molecular weight excluding hydrogens is 296 g/mol. The number of nitrogens with one attached hydrogen (secondary N) is 1. The second-order valence-corrected chi connectivity index (χ2v) is 7.60. The van der Waals surface area contributed by atoms with E-state index in [0.717, 1.165) is 28.9 Å². The van der Waals surface area contributed by atoms with Crippen molar-refractivity contribution < 1.29 is 4.79 Å². The minimum absolute atomic E-state index is 0.0292. The second-order valence-electron chi connectivity index (χ2n) is 7.60. The average molecular weight is 324 g/mol. The molecule has 0 atom stereocenters. The van der Waals surface area contributed by atoms with Crippen LogP contribution < -0.4 is 5.32 Å². The van der Waals surface area contributed by atoms with Gasteiger partial charge in [0.15, 0.2) is 0 Å². The van der Waals surface area contributed by atoms with Gasteiger partial charge in [0, 0.05) is 23.6 Å². The van der Waals surface area contributed by atoms with Gasteiger partial charge >= 0.3 is 0 Å². The third-order valence-electron chi connectivity index (χ3n) is 5.16. The van der Waals surface area contributed by atoms with Gasteiger partial charge in [-0.3, -0.25) is 4.79 Å². The van der Waals surface area contributed by atoms with Crippen molar-refractivity contribution in [2.75, 3.05) is 0 Å². The van der Waals surface area contributed by atoms with Crippen molar-refractivity contribution in [2.24, 2.45) is 5.92 Å². The molecule has 1 aliphatic carbocycles. The summed E-state index contributed by atoms with van der Waals surface area (Å²) in [7, 11) is 0. The van der Waals surface area contributed by atoms with Crippen LogP contribution in [0.15, 0.2) is 43.1 Å². The van der Waals surface area contributed by atoms with Gasteiger partial charge in [0.05, 0.1) is 11.1 Å². The van der Waals surface area contributed by atoms with Crippen LogP contribution in [0.5, 0.6) is 0 Å². The fourth-order valence-corrected chi connectivity index (χ4v) is 3.64. The standard InChI is InChI=1S/C21H28N2O/c1-4-21(2,3)22-20(24)18-15-23(14-16-10-6-5-7-11-16)19-13-9-8-12-17(18)19/h4,8-9,12-13,15-16H,1,5-7,10-11,14H2,2-3H3,(H,22,24). The Morgan fingerprint density at radius 3 is 2.71 bits per heavy atom. The summed E-state index contributed by atoms with van der Waals surface area (Å²) < 4.78 is 2.28. The van der Waals surface area contributed by atoms with Gasteiger partial charge < -0.3 is 9.88 Å². The Labute approximate surface area is 144 Å². The molecule has 1 aromatic carbocycles. The second kappa shape index (κ2) is 6.84. The molecule has 1 aliphatic rings. The lowest BCUT2D eigenvalue weighted by Gasteiger charge is -2.22.